The first-order valence-electron chi connectivity index (χ1n) is 9.98. The predicted octanol–water partition coefficient (Wildman–Crippen LogP) is 3.00. The van der Waals surface area contributed by atoms with E-state index >= 15 is 0 Å². The van der Waals surface area contributed by atoms with Gasteiger partial charge in [-0.25, -0.2) is 9.59 Å². The van der Waals surface area contributed by atoms with Crippen LogP contribution in [-0.4, -0.2) is 34.9 Å². The van der Waals surface area contributed by atoms with Crippen molar-refractivity contribution in [2.75, 3.05) is 10.6 Å². The molecular formula is C21H21N9O2. The number of anilines is 4. The second-order valence-corrected chi connectivity index (χ2v) is 8.49. The van der Waals surface area contributed by atoms with Gasteiger partial charge in [0.25, 0.3) is 0 Å². The third-order valence-electron chi connectivity index (χ3n) is 4.85. The molecule has 2 aromatic carbocycles. The number of hydrogen-bond donors (Lipinski definition) is 6. The standard InChI is InChI=1S/C21H21N9O2/c1-21(2,3)16-28-17(22-10-4-6-12-14(8-10)26-19(31)24-12)30-18(29-16)23-11-5-7-13-15(9-11)27-20(32)25-13/h4-9H,1-3H3,(H2,24,26,31)(H2,25,27,32)(H2,22,23,28,29,30). The molecular weight excluding hydrogens is 410 g/mol. The fourth-order valence-corrected chi connectivity index (χ4v) is 3.30. The van der Waals surface area contributed by atoms with Crippen LogP contribution < -0.4 is 22.0 Å². The highest BCUT2D eigenvalue weighted by atomic mass is 16.1. The van der Waals surface area contributed by atoms with Gasteiger partial charge in [0.1, 0.15) is 5.82 Å². The van der Waals surface area contributed by atoms with Crippen LogP contribution in [0.15, 0.2) is 46.0 Å². The van der Waals surface area contributed by atoms with E-state index < -0.39 is 0 Å². The van der Waals surface area contributed by atoms with E-state index in [1.54, 1.807) is 24.3 Å². The highest BCUT2D eigenvalue weighted by Gasteiger charge is 2.20. The summed E-state index contributed by atoms with van der Waals surface area (Å²) in [6.07, 6.45) is 0. The minimum absolute atomic E-state index is 0.264. The molecule has 5 aromatic rings. The van der Waals surface area contributed by atoms with E-state index in [2.05, 4.69) is 45.5 Å². The lowest BCUT2D eigenvalue weighted by Gasteiger charge is -2.18. The quantitative estimate of drug-likeness (QED) is 0.255. The van der Waals surface area contributed by atoms with Crippen molar-refractivity contribution in [2.45, 2.75) is 26.2 Å². The summed E-state index contributed by atoms with van der Waals surface area (Å²) in [5.41, 5.74) is 3.38. The molecule has 11 heteroatoms. The van der Waals surface area contributed by atoms with Gasteiger partial charge in [-0.3, -0.25) is 0 Å². The minimum Gasteiger partial charge on any atom is -0.324 e. The summed E-state index contributed by atoms with van der Waals surface area (Å²) >= 11 is 0. The Hall–Kier alpha value is -4.41. The predicted molar refractivity (Wildman–Crippen MR) is 123 cm³/mol. The maximum absolute atomic E-state index is 11.5. The molecule has 0 unspecified atom stereocenters. The first kappa shape index (κ1) is 19.5. The van der Waals surface area contributed by atoms with Crippen molar-refractivity contribution in [1.29, 1.82) is 0 Å². The minimum atomic E-state index is -0.318. The van der Waals surface area contributed by atoms with Crippen molar-refractivity contribution in [3.63, 3.8) is 0 Å². The van der Waals surface area contributed by atoms with Crippen LogP contribution in [-0.2, 0) is 5.41 Å². The Kier molecular flexibility index (Phi) is 4.33. The monoisotopic (exact) mass is 431 g/mol. The van der Waals surface area contributed by atoms with Crippen LogP contribution in [0.5, 0.6) is 0 Å². The van der Waals surface area contributed by atoms with Crippen LogP contribution in [0.1, 0.15) is 26.6 Å². The molecule has 0 aliphatic heterocycles. The number of rotatable bonds is 4. The normalized spacial score (nSPS) is 11.8. The fourth-order valence-electron chi connectivity index (χ4n) is 3.30. The molecule has 0 amide bonds. The Bertz CT molecular complexity index is 1460. The molecule has 0 radical (unpaired) electrons. The summed E-state index contributed by atoms with van der Waals surface area (Å²) in [4.78, 5) is 47.6. The molecule has 162 valence electrons. The zero-order chi connectivity index (χ0) is 22.5. The average molecular weight is 431 g/mol. The van der Waals surface area contributed by atoms with Gasteiger partial charge in [0.05, 0.1) is 22.1 Å². The molecule has 0 saturated heterocycles. The molecule has 0 saturated carbocycles. The van der Waals surface area contributed by atoms with Gasteiger partial charge in [0, 0.05) is 16.8 Å². The lowest BCUT2D eigenvalue weighted by atomic mass is 9.96. The van der Waals surface area contributed by atoms with E-state index in [1.165, 1.54) is 0 Å². The molecule has 5 rings (SSSR count). The van der Waals surface area contributed by atoms with Crippen LogP contribution in [0.25, 0.3) is 22.1 Å². The van der Waals surface area contributed by atoms with Crippen LogP contribution >= 0.6 is 0 Å². The zero-order valence-electron chi connectivity index (χ0n) is 17.6. The lowest BCUT2D eigenvalue weighted by Crippen LogP contribution is -2.19. The van der Waals surface area contributed by atoms with Crippen molar-refractivity contribution in [3.05, 3.63) is 63.2 Å². The van der Waals surface area contributed by atoms with Crippen molar-refractivity contribution in [3.8, 4) is 0 Å². The summed E-state index contributed by atoms with van der Waals surface area (Å²) in [5, 5.41) is 6.37. The van der Waals surface area contributed by atoms with Crippen molar-refractivity contribution < 1.29 is 0 Å². The van der Waals surface area contributed by atoms with Crippen LogP contribution in [0.3, 0.4) is 0 Å². The summed E-state index contributed by atoms with van der Waals surface area (Å²) < 4.78 is 0. The Morgan fingerprint density at radius 2 is 1.09 bits per heavy atom. The van der Waals surface area contributed by atoms with Gasteiger partial charge in [-0.05, 0) is 36.4 Å². The number of aromatic amines is 4. The van der Waals surface area contributed by atoms with E-state index in [0.717, 1.165) is 11.4 Å². The van der Waals surface area contributed by atoms with Crippen LogP contribution in [0.4, 0.5) is 23.3 Å². The molecule has 6 N–H and O–H groups in total. The number of hydrogen-bond acceptors (Lipinski definition) is 7. The summed E-state index contributed by atoms with van der Waals surface area (Å²) in [5.74, 6) is 1.33. The number of aromatic nitrogens is 7. The summed E-state index contributed by atoms with van der Waals surface area (Å²) in [7, 11) is 0. The first-order valence-corrected chi connectivity index (χ1v) is 9.98. The summed E-state index contributed by atoms with van der Waals surface area (Å²) in [6, 6.07) is 10.9. The largest absolute Gasteiger partial charge is 0.324 e. The molecule has 0 atom stereocenters. The highest BCUT2D eigenvalue weighted by molar-refractivity contribution is 5.80. The third kappa shape index (κ3) is 3.83. The molecule has 11 nitrogen and oxygen atoms in total. The molecule has 0 spiro atoms. The van der Waals surface area contributed by atoms with Crippen molar-refractivity contribution >= 4 is 45.3 Å². The van der Waals surface area contributed by atoms with E-state index in [9.17, 15) is 9.59 Å². The maximum Gasteiger partial charge on any atom is 0.323 e. The fraction of sp³-hybridized carbons (Fsp3) is 0.190. The Morgan fingerprint density at radius 3 is 1.53 bits per heavy atom. The molecule has 0 aliphatic carbocycles. The zero-order valence-corrected chi connectivity index (χ0v) is 17.6. The Labute approximate surface area is 180 Å². The Morgan fingerprint density at radius 1 is 0.656 bits per heavy atom. The van der Waals surface area contributed by atoms with Gasteiger partial charge in [-0.15, -0.1) is 0 Å². The SMILES string of the molecule is CC(C)(C)c1nc(Nc2ccc3[nH]c(=O)[nH]c3c2)nc(Nc2ccc3[nH]c(=O)[nH]c3c2)n1. The molecule has 0 aliphatic rings. The highest BCUT2D eigenvalue weighted by Crippen LogP contribution is 2.25. The summed E-state index contributed by atoms with van der Waals surface area (Å²) in [6.45, 7) is 6.05. The van der Waals surface area contributed by atoms with Gasteiger partial charge < -0.3 is 30.6 Å². The number of H-pyrrole nitrogens is 4. The van der Waals surface area contributed by atoms with Gasteiger partial charge in [0.2, 0.25) is 11.9 Å². The van der Waals surface area contributed by atoms with Crippen molar-refractivity contribution in [1.82, 2.24) is 34.9 Å². The second kappa shape index (κ2) is 7.08. The number of fused-ring (bicyclic) bond motifs is 2. The molecule has 0 fully saturated rings. The van der Waals surface area contributed by atoms with E-state index in [1.807, 2.05) is 32.9 Å². The average Bonchev–Trinajstić information content (AvgIpc) is 3.26. The molecule has 32 heavy (non-hydrogen) atoms. The van der Waals surface area contributed by atoms with Crippen LogP contribution in [0.2, 0.25) is 0 Å². The van der Waals surface area contributed by atoms with Crippen LogP contribution in [0, 0.1) is 0 Å². The first-order chi connectivity index (χ1) is 15.2. The van der Waals surface area contributed by atoms with Crippen molar-refractivity contribution in [2.24, 2.45) is 0 Å². The third-order valence-corrected chi connectivity index (χ3v) is 4.85. The molecule has 0 bridgehead atoms. The molecule has 3 heterocycles. The maximum atomic E-state index is 11.5. The number of benzene rings is 2. The van der Waals surface area contributed by atoms with E-state index in [0.29, 0.717) is 39.8 Å². The van der Waals surface area contributed by atoms with E-state index in [4.69, 9.17) is 0 Å². The lowest BCUT2D eigenvalue weighted by molar-refractivity contribution is 0.544. The molecule has 3 aromatic heterocycles. The van der Waals surface area contributed by atoms with Gasteiger partial charge in [-0.1, -0.05) is 20.8 Å². The topological polar surface area (TPSA) is 160 Å². The number of imidazole rings is 2. The second-order valence-electron chi connectivity index (χ2n) is 8.49. The number of nitrogens with one attached hydrogen (secondary N) is 6. The van der Waals surface area contributed by atoms with Gasteiger partial charge in [0.15, 0.2) is 0 Å². The Balaban J connectivity index is 1.50. The van der Waals surface area contributed by atoms with Gasteiger partial charge >= 0.3 is 11.4 Å². The van der Waals surface area contributed by atoms with E-state index in [-0.39, 0.29) is 16.8 Å². The smallest absolute Gasteiger partial charge is 0.323 e. The van der Waals surface area contributed by atoms with Gasteiger partial charge in [-0.2, -0.15) is 15.0 Å². The number of nitrogens with zero attached hydrogens (tertiary/aromatic N) is 3.